The molecule has 2 heterocycles. The van der Waals surface area contributed by atoms with Crippen molar-refractivity contribution in [3.63, 3.8) is 0 Å². The van der Waals surface area contributed by atoms with E-state index >= 15 is 0 Å². The summed E-state index contributed by atoms with van der Waals surface area (Å²) >= 11 is 5.84. The number of pyridine rings is 1. The Morgan fingerprint density at radius 1 is 0.977 bits per heavy atom. The highest BCUT2D eigenvalue weighted by Gasteiger charge is 2.48. The van der Waals surface area contributed by atoms with Gasteiger partial charge in [0.2, 0.25) is 17.6 Å². The molecule has 3 aromatic carbocycles. The number of hydrogen-bond acceptors (Lipinski definition) is 8. The van der Waals surface area contributed by atoms with Gasteiger partial charge in [-0.1, -0.05) is 48.2 Å². The molecular weight excluding hydrogens is 586 g/mol. The number of fused-ring (bicyclic) bond motifs is 2. The Bertz CT molecular complexity index is 1850. The molecule has 2 fully saturated rings. The number of nitro benzene ring substituents is 1. The van der Waals surface area contributed by atoms with Crippen LogP contribution < -0.4 is 4.90 Å². The number of carbonyl (C=O) groups is 4. The lowest BCUT2D eigenvalue weighted by atomic mass is 9.81. The van der Waals surface area contributed by atoms with Crippen molar-refractivity contribution in [1.82, 2.24) is 4.98 Å². The normalized spacial score (nSPS) is 17.9. The molecule has 1 aromatic heterocycles. The number of amides is 2. The van der Waals surface area contributed by atoms with Gasteiger partial charge in [-0.05, 0) is 62.2 Å². The highest BCUT2D eigenvalue weighted by Crippen LogP contribution is 2.40. The minimum atomic E-state index is -0.770. The molecule has 1 aliphatic carbocycles. The Kier molecular flexibility index (Phi) is 7.69. The van der Waals surface area contributed by atoms with Crippen LogP contribution in [-0.4, -0.2) is 40.1 Å². The topological polar surface area (TPSA) is 137 Å². The van der Waals surface area contributed by atoms with Crippen LogP contribution in [0.2, 0.25) is 5.02 Å². The molecule has 0 N–H and O–H groups in total. The maximum absolute atomic E-state index is 13.3. The van der Waals surface area contributed by atoms with E-state index in [4.69, 9.17) is 21.3 Å². The Morgan fingerprint density at radius 2 is 1.66 bits per heavy atom. The molecule has 0 spiro atoms. The highest BCUT2D eigenvalue weighted by molar-refractivity contribution is 6.32. The zero-order valence-electron chi connectivity index (χ0n) is 23.6. The molecular formula is C33H26ClN3O7. The number of carbonyl (C=O) groups excluding carboxylic acids is 4. The quantitative estimate of drug-likeness (QED) is 0.0760. The minimum absolute atomic E-state index is 0.0145. The summed E-state index contributed by atoms with van der Waals surface area (Å²) < 4.78 is 5.37. The number of ketones is 1. The number of imide groups is 1. The third kappa shape index (κ3) is 5.33. The molecule has 44 heavy (non-hydrogen) atoms. The second-order valence-corrected chi connectivity index (χ2v) is 11.5. The first-order valence-corrected chi connectivity index (χ1v) is 14.5. The molecule has 1 saturated heterocycles. The van der Waals surface area contributed by atoms with Gasteiger partial charge in [-0.2, -0.15) is 0 Å². The van der Waals surface area contributed by atoms with E-state index < -0.39 is 29.0 Å². The van der Waals surface area contributed by atoms with Crippen LogP contribution >= 0.6 is 11.6 Å². The van der Waals surface area contributed by atoms with Crippen molar-refractivity contribution in [2.75, 3.05) is 11.5 Å². The van der Waals surface area contributed by atoms with Crippen molar-refractivity contribution < 1.29 is 28.8 Å². The average molecular weight is 612 g/mol. The number of aryl methyl sites for hydroxylation is 1. The molecule has 10 nitrogen and oxygen atoms in total. The van der Waals surface area contributed by atoms with Gasteiger partial charge in [-0.3, -0.25) is 29.4 Å². The van der Waals surface area contributed by atoms with Crippen molar-refractivity contribution in [2.24, 2.45) is 11.8 Å². The fourth-order valence-corrected chi connectivity index (χ4v) is 6.16. The van der Waals surface area contributed by atoms with E-state index in [2.05, 4.69) is 0 Å². The van der Waals surface area contributed by atoms with Crippen LogP contribution in [0.25, 0.3) is 22.2 Å². The first kappa shape index (κ1) is 29.1. The van der Waals surface area contributed by atoms with Crippen LogP contribution in [-0.2, 0) is 14.3 Å². The van der Waals surface area contributed by atoms with Crippen molar-refractivity contribution in [3.05, 3.63) is 98.6 Å². The van der Waals surface area contributed by atoms with Crippen molar-refractivity contribution in [1.29, 1.82) is 0 Å². The average Bonchev–Trinajstić information content (AvgIpc) is 3.28. The summed E-state index contributed by atoms with van der Waals surface area (Å²) in [5.41, 5.74) is 2.75. The lowest BCUT2D eigenvalue weighted by Gasteiger charge is -2.19. The molecule has 2 aliphatic rings. The highest BCUT2D eigenvalue weighted by atomic mass is 35.5. The van der Waals surface area contributed by atoms with E-state index in [1.807, 2.05) is 13.0 Å². The third-order valence-corrected chi connectivity index (χ3v) is 8.57. The van der Waals surface area contributed by atoms with Crippen LogP contribution in [0.3, 0.4) is 0 Å². The number of esters is 1. The van der Waals surface area contributed by atoms with Gasteiger partial charge in [-0.15, -0.1) is 0 Å². The molecule has 1 aliphatic heterocycles. The van der Waals surface area contributed by atoms with Gasteiger partial charge in [0.1, 0.15) is 5.02 Å². The van der Waals surface area contributed by atoms with E-state index in [9.17, 15) is 29.3 Å². The molecule has 0 radical (unpaired) electrons. The number of halogens is 1. The number of aromatic nitrogens is 1. The Balaban J connectivity index is 1.27. The number of rotatable bonds is 7. The largest absolute Gasteiger partial charge is 0.454 e. The number of ether oxygens (including phenoxy) is 1. The molecule has 0 bridgehead atoms. The molecule has 4 aromatic rings. The Morgan fingerprint density at radius 3 is 2.32 bits per heavy atom. The minimum Gasteiger partial charge on any atom is -0.454 e. The summed E-state index contributed by atoms with van der Waals surface area (Å²) in [6.07, 6.45) is 3.36. The predicted molar refractivity (Wildman–Crippen MR) is 163 cm³/mol. The van der Waals surface area contributed by atoms with Gasteiger partial charge in [0.05, 0.1) is 39.2 Å². The van der Waals surface area contributed by atoms with Crippen molar-refractivity contribution in [3.8, 4) is 11.3 Å². The first-order chi connectivity index (χ1) is 21.1. The summed E-state index contributed by atoms with van der Waals surface area (Å²) in [6.45, 7) is 1.23. The summed E-state index contributed by atoms with van der Waals surface area (Å²) in [6, 6.07) is 17.5. The van der Waals surface area contributed by atoms with Gasteiger partial charge in [0, 0.05) is 22.6 Å². The zero-order valence-corrected chi connectivity index (χ0v) is 24.4. The standard InChI is InChI=1S/C33H26ClN3O7/c1-18-6-13-27-24(14-18)25(33(41)44-17-30(38)20-9-12-26(34)29(15-20)37(42)43)16-28(35-27)19-7-10-21(11-8-19)36-31(39)22-4-2-3-5-23(22)32(36)40/h6-16,22-23H,2-5,17H2,1H3. The Hall–Kier alpha value is -4.96. The molecule has 6 rings (SSSR count). The fourth-order valence-electron chi connectivity index (χ4n) is 5.97. The van der Waals surface area contributed by atoms with E-state index in [1.165, 1.54) is 17.0 Å². The number of anilines is 1. The number of Topliss-reactive ketones (excluding diaryl/α,β-unsaturated/α-hetero) is 1. The molecule has 222 valence electrons. The molecule has 11 heteroatoms. The van der Waals surface area contributed by atoms with Crippen LogP contribution in [0.1, 0.15) is 52.0 Å². The lowest BCUT2D eigenvalue weighted by molar-refractivity contribution is -0.384. The van der Waals surface area contributed by atoms with Crippen LogP contribution in [0.5, 0.6) is 0 Å². The smallest absolute Gasteiger partial charge is 0.339 e. The summed E-state index contributed by atoms with van der Waals surface area (Å²) in [5.74, 6) is -2.21. The Labute approximate surface area is 256 Å². The lowest BCUT2D eigenvalue weighted by Crippen LogP contribution is -2.30. The number of nitrogens with zero attached hydrogens (tertiary/aromatic N) is 3. The predicted octanol–water partition coefficient (Wildman–Crippen LogP) is 6.49. The zero-order chi connectivity index (χ0) is 31.1. The number of benzene rings is 3. The first-order valence-electron chi connectivity index (χ1n) is 14.2. The van der Waals surface area contributed by atoms with Crippen LogP contribution in [0.4, 0.5) is 11.4 Å². The summed E-state index contributed by atoms with van der Waals surface area (Å²) in [5, 5.41) is 11.6. The maximum Gasteiger partial charge on any atom is 0.339 e. The van der Waals surface area contributed by atoms with Gasteiger partial charge in [0.15, 0.2) is 6.61 Å². The number of hydrogen-bond donors (Lipinski definition) is 0. The monoisotopic (exact) mass is 611 g/mol. The van der Waals surface area contributed by atoms with Crippen molar-refractivity contribution >= 4 is 57.4 Å². The van der Waals surface area contributed by atoms with Crippen LogP contribution in [0.15, 0.2) is 66.7 Å². The summed E-state index contributed by atoms with van der Waals surface area (Å²) in [4.78, 5) is 68.7. The van der Waals surface area contributed by atoms with Crippen LogP contribution in [0, 0.1) is 28.9 Å². The number of nitro groups is 1. The van der Waals surface area contributed by atoms with Crippen molar-refractivity contribution in [2.45, 2.75) is 32.6 Å². The SMILES string of the molecule is Cc1ccc2nc(-c3ccc(N4C(=O)C5CCCCC5C4=O)cc3)cc(C(=O)OCC(=O)c3ccc(Cl)c([N+](=O)[O-])c3)c2c1. The molecule has 2 unspecified atom stereocenters. The fraction of sp³-hybridized carbons (Fsp3) is 0.242. The maximum atomic E-state index is 13.3. The second kappa shape index (κ2) is 11.6. The third-order valence-electron chi connectivity index (χ3n) is 8.25. The van der Waals surface area contributed by atoms with Gasteiger partial charge in [-0.25, -0.2) is 9.78 Å². The van der Waals surface area contributed by atoms with E-state index in [0.29, 0.717) is 27.8 Å². The van der Waals surface area contributed by atoms with E-state index in [0.717, 1.165) is 37.3 Å². The van der Waals surface area contributed by atoms with Gasteiger partial charge >= 0.3 is 5.97 Å². The molecule has 2 amide bonds. The molecule has 2 atom stereocenters. The van der Waals surface area contributed by atoms with Gasteiger partial charge < -0.3 is 4.74 Å². The second-order valence-electron chi connectivity index (χ2n) is 11.1. The van der Waals surface area contributed by atoms with Gasteiger partial charge in [0.25, 0.3) is 5.69 Å². The van der Waals surface area contributed by atoms with E-state index in [-0.39, 0.29) is 39.8 Å². The molecule has 1 saturated carbocycles. The van der Waals surface area contributed by atoms with E-state index in [1.54, 1.807) is 42.5 Å². The summed E-state index contributed by atoms with van der Waals surface area (Å²) in [7, 11) is 0.